The van der Waals surface area contributed by atoms with Crippen LogP contribution in [0.25, 0.3) is 0 Å². The molecule has 0 bridgehead atoms. The Morgan fingerprint density at radius 2 is 1.94 bits per heavy atom. The smallest absolute Gasteiger partial charge is 0.250 e. The van der Waals surface area contributed by atoms with Crippen molar-refractivity contribution in [1.82, 2.24) is 4.90 Å². The monoisotopic (exact) mass is 236 g/mol. The van der Waals surface area contributed by atoms with E-state index in [4.69, 9.17) is 4.74 Å². The maximum absolute atomic E-state index is 11.3. The van der Waals surface area contributed by atoms with E-state index in [2.05, 4.69) is 24.3 Å². The predicted molar refractivity (Wildman–Crippen MR) is 69.2 cm³/mol. The number of methoxy groups -OCH3 is 1. The topological polar surface area (TPSA) is 41.6 Å². The molecule has 0 aliphatic carbocycles. The SMILES string of the molecule is COCC(=O)Nc1ccc(CCN(C)C)cc1. The number of carbonyl (C=O) groups is 1. The van der Waals surface area contributed by atoms with Crippen LogP contribution in [0.15, 0.2) is 24.3 Å². The fourth-order valence-corrected chi connectivity index (χ4v) is 1.44. The molecule has 0 aliphatic rings. The lowest BCUT2D eigenvalue weighted by atomic mass is 10.1. The number of amides is 1. The van der Waals surface area contributed by atoms with Crippen molar-refractivity contribution in [3.05, 3.63) is 29.8 Å². The van der Waals surface area contributed by atoms with E-state index in [-0.39, 0.29) is 12.5 Å². The molecule has 1 N–H and O–H groups in total. The first-order chi connectivity index (χ1) is 8.11. The minimum atomic E-state index is -0.131. The second kappa shape index (κ2) is 7.04. The summed E-state index contributed by atoms with van der Waals surface area (Å²) in [6, 6.07) is 7.90. The summed E-state index contributed by atoms with van der Waals surface area (Å²) in [7, 11) is 5.61. The molecule has 0 saturated carbocycles. The summed E-state index contributed by atoms with van der Waals surface area (Å²) in [5, 5.41) is 2.76. The van der Waals surface area contributed by atoms with E-state index < -0.39 is 0 Å². The van der Waals surface area contributed by atoms with E-state index in [1.165, 1.54) is 12.7 Å². The second-order valence-electron chi connectivity index (χ2n) is 4.23. The lowest BCUT2D eigenvalue weighted by Crippen LogP contribution is -2.17. The molecule has 1 aromatic carbocycles. The molecule has 0 atom stereocenters. The molecule has 4 heteroatoms. The van der Waals surface area contributed by atoms with Crippen molar-refractivity contribution in [3.63, 3.8) is 0 Å². The number of ether oxygens (including phenoxy) is 1. The van der Waals surface area contributed by atoms with Gasteiger partial charge < -0.3 is 15.0 Å². The molecule has 0 heterocycles. The maximum Gasteiger partial charge on any atom is 0.250 e. The third-order valence-corrected chi connectivity index (χ3v) is 2.36. The Balaban J connectivity index is 2.47. The first kappa shape index (κ1) is 13.7. The number of hydrogen-bond acceptors (Lipinski definition) is 3. The maximum atomic E-state index is 11.3. The molecule has 0 aliphatic heterocycles. The third kappa shape index (κ3) is 5.47. The number of rotatable bonds is 6. The normalized spacial score (nSPS) is 10.6. The van der Waals surface area contributed by atoms with Crippen molar-refractivity contribution < 1.29 is 9.53 Å². The van der Waals surface area contributed by atoms with Crippen LogP contribution in [0.4, 0.5) is 5.69 Å². The minimum absolute atomic E-state index is 0.0857. The molecule has 1 amide bonds. The van der Waals surface area contributed by atoms with Gasteiger partial charge in [0.1, 0.15) is 6.61 Å². The summed E-state index contributed by atoms with van der Waals surface area (Å²) in [6.07, 6.45) is 1.01. The van der Waals surface area contributed by atoms with Gasteiger partial charge in [0.25, 0.3) is 0 Å². The zero-order valence-corrected chi connectivity index (χ0v) is 10.7. The first-order valence-electron chi connectivity index (χ1n) is 5.64. The molecule has 17 heavy (non-hydrogen) atoms. The highest BCUT2D eigenvalue weighted by Gasteiger charge is 2.01. The molecule has 4 nitrogen and oxygen atoms in total. The highest BCUT2D eigenvalue weighted by Crippen LogP contribution is 2.10. The molecule has 94 valence electrons. The van der Waals surface area contributed by atoms with Gasteiger partial charge in [-0.25, -0.2) is 0 Å². The number of carbonyl (C=O) groups excluding carboxylic acids is 1. The summed E-state index contributed by atoms with van der Waals surface area (Å²) in [6.45, 7) is 1.11. The van der Waals surface area contributed by atoms with Crippen LogP contribution in [-0.4, -0.2) is 45.2 Å². The van der Waals surface area contributed by atoms with Gasteiger partial charge in [-0.05, 0) is 38.2 Å². The van der Waals surface area contributed by atoms with Gasteiger partial charge in [0, 0.05) is 19.3 Å². The van der Waals surface area contributed by atoms with Gasteiger partial charge >= 0.3 is 0 Å². The number of nitrogens with zero attached hydrogens (tertiary/aromatic N) is 1. The average Bonchev–Trinajstić information content (AvgIpc) is 2.28. The first-order valence-corrected chi connectivity index (χ1v) is 5.64. The zero-order chi connectivity index (χ0) is 12.7. The lowest BCUT2D eigenvalue weighted by Gasteiger charge is -2.10. The standard InChI is InChI=1S/C13H20N2O2/c1-15(2)9-8-11-4-6-12(7-5-11)14-13(16)10-17-3/h4-7H,8-10H2,1-3H3,(H,14,16). The molecule has 1 aromatic rings. The fourth-order valence-electron chi connectivity index (χ4n) is 1.44. The van der Waals surface area contributed by atoms with Crippen LogP contribution in [0.5, 0.6) is 0 Å². The van der Waals surface area contributed by atoms with E-state index in [0.717, 1.165) is 18.7 Å². The third-order valence-electron chi connectivity index (χ3n) is 2.36. The van der Waals surface area contributed by atoms with E-state index in [1.54, 1.807) is 0 Å². The number of nitrogens with one attached hydrogen (secondary N) is 1. The molecule has 0 spiro atoms. The molecular weight excluding hydrogens is 216 g/mol. The van der Waals surface area contributed by atoms with Crippen LogP contribution in [0.2, 0.25) is 0 Å². The molecular formula is C13H20N2O2. The largest absolute Gasteiger partial charge is 0.375 e. The Morgan fingerprint density at radius 3 is 2.47 bits per heavy atom. The summed E-state index contributed by atoms with van der Waals surface area (Å²) >= 11 is 0. The van der Waals surface area contributed by atoms with Crippen molar-refractivity contribution in [2.75, 3.05) is 39.7 Å². The summed E-state index contributed by atoms with van der Waals surface area (Å²) in [5.74, 6) is -0.131. The Kier molecular flexibility index (Phi) is 5.66. The van der Waals surface area contributed by atoms with E-state index in [0.29, 0.717) is 0 Å². The van der Waals surface area contributed by atoms with Gasteiger partial charge in [-0.1, -0.05) is 12.1 Å². The Hall–Kier alpha value is -1.39. The number of anilines is 1. The summed E-state index contributed by atoms with van der Waals surface area (Å²) in [4.78, 5) is 13.4. The van der Waals surface area contributed by atoms with Gasteiger partial charge in [-0.15, -0.1) is 0 Å². The van der Waals surface area contributed by atoms with Crippen molar-refractivity contribution in [1.29, 1.82) is 0 Å². The Morgan fingerprint density at radius 1 is 1.29 bits per heavy atom. The predicted octanol–water partition coefficient (Wildman–Crippen LogP) is 1.38. The fraction of sp³-hybridized carbons (Fsp3) is 0.462. The molecule has 0 unspecified atom stereocenters. The van der Waals surface area contributed by atoms with Crippen molar-refractivity contribution in [2.45, 2.75) is 6.42 Å². The number of hydrogen-bond donors (Lipinski definition) is 1. The van der Waals surface area contributed by atoms with Crippen LogP contribution < -0.4 is 5.32 Å². The van der Waals surface area contributed by atoms with Crippen LogP contribution in [0.1, 0.15) is 5.56 Å². The molecule has 0 fully saturated rings. The summed E-state index contributed by atoms with van der Waals surface area (Å²) < 4.78 is 4.75. The highest BCUT2D eigenvalue weighted by atomic mass is 16.5. The average molecular weight is 236 g/mol. The highest BCUT2D eigenvalue weighted by molar-refractivity contribution is 5.91. The van der Waals surface area contributed by atoms with E-state index >= 15 is 0 Å². The van der Waals surface area contributed by atoms with Gasteiger partial charge in [-0.3, -0.25) is 4.79 Å². The number of benzene rings is 1. The quantitative estimate of drug-likeness (QED) is 0.811. The zero-order valence-electron chi connectivity index (χ0n) is 10.7. The Labute approximate surface area is 103 Å². The van der Waals surface area contributed by atoms with Crippen LogP contribution in [-0.2, 0) is 16.0 Å². The van der Waals surface area contributed by atoms with Gasteiger partial charge in [0.05, 0.1) is 0 Å². The van der Waals surface area contributed by atoms with Crippen molar-refractivity contribution in [2.24, 2.45) is 0 Å². The van der Waals surface area contributed by atoms with Crippen molar-refractivity contribution >= 4 is 11.6 Å². The van der Waals surface area contributed by atoms with Gasteiger partial charge in [0.2, 0.25) is 5.91 Å². The van der Waals surface area contributed by atoms with Gasteiger partial charge in [0.15, 0.2) is 0 Å². The van der Waals surface area contributed by atoms with E-state index in [9.17, 15) is 4.79 Å². The summed E-state index contributed by atoms with van der Waals surface area (Å²) in [5.41, 5.74) is 2.07. The lowest BCUT2D eigenvalue weighted by molar-refractivity contribution is -0.119. The van der Waals surface area contributed by atoms with Gasteiger partial charge in [-0.2, -0.15) is 0 Å². The van der Waals surface area contributed by atoms with Crippen LogP contribution in [0.3, 0.4) is 0 Å². The van der Waals surface area contributed by atoms with Crippen molar-refractivity contribution in [3.8, 4) is 0 Å². The van der Waals surface area contributed by atoms with Crippen LogP contribution >= 0.6 is 0 Å². The van der Waals surface area contributed by atoms with E-state index in [1.807, 2.05) is 24.3 Å². The minimum Gasteiger partial charge on any atom is -0.375 e. The van der Waals surface area contributed by atoms with Crippen LogP contribution in [0, 0.1) is 0 Å². The number of likely N-dealkylation sites (N-methyl/N-ethyl adjacent to an activating group) is 1. The second-order valence-corrected chi connectivity index (χ2v) is 4.23. The molecule has 0 aromatic heterocycles. The molecule has 1 rings (SSSR count). The molecule has 0 saturated heterocycles. The molecule has 0 radical (unpaired) electrons. The Bertz CT molecular complexity index is 347.